The molecule has 0 radical (unpaired) electrons. The summed E-state index contributed by atoms with van der Waals surface area (Å²) >= 11 is 0. The maximum Gasteiger partial charge on any atom is 0.245 e. The van der Waals surface area contributed by atoms with Gasteiger partial charge in [-0.1, -0.05) is 97.1 Å². The van der Waals surface area contributed by atoms with Gasteiger partial charge >= 0.3 is 0 Å². The molecule has 0 aromatic heterocycles. The average molecular weight is 404 g/mol. The van der Waals surface area contributed by atoms with Crippen LogP contribution in [0.25, 0.3) is 0 Å². The average Bonchev–Trinajstić information content (AvgIpc) is 3.28. The topological polar surface area (TPSA) is 6.25 Å². The van der Waals surface area contributed by atoms with Crippen LogP contribution in [0.4, 0.5) is 11.4 Å². The standard InChI is InChI=1S/C29H27N2/c1-5-13-24(14-6-1)28-21-22-29(25-15-7-2-8-16-25)31(28)23-30(26-17-9-3-10-18-26)27-19-11-4-12-20-27/h1-20,23,28-29H,21-22H2/q+1/t28-,29-/m1/s1. The molecule has 2 heteroatoms. The molecule has 0 unspecified atom stereocenters. The summed E-state index contributed by atoms with van der Waals surface area (Å²) < 4.78 is 2.56. The van der Waals surface area contributed by atoms with Crippen molar-refractivity contribution < 1.29 is 4.58 Å². The Morgan fingerprint density at radius 2 is 0.871 bits per heavy atom. The maximum atomic E-state index is 2.56. The summed E-state index contributed by atoms with van der Waals surface area (Å²) in [5, 5.41) is 0. The van der Waals surface area contributed by atoms with Crippen LogP contribution in [0.1, 0.15) is 36.1 Å². The van der Waals surface area contributed by atoms with E-state index in [1.54, 1.807) is 0 Å². The number of hydrogen-bond donors (Lipinski definition) is 0. The molecule has 0 amide bonds. The van der Waals surface area contributed by atoms with Gasteiger partial charge in [-0.05, 0) is 48.2 Å². The van der Waals surface area contributed by atoms with Crippen molar-refractivity contribution in [2.24, 2.45) is 0 Å². The van der Waals surface area contributed by atoms with Gasteiger partial charge in [-0.2, -0.15) is 4.90 Å². The molecular weight excluding hydrogens is 376 g/mol. The quantitative estimate of drug-likeness (QED) is 0.253. The molecule has 4 aromatic carbocycles. The first-order chi connectivity index (χ1) is 15.4. The Hall–Kier alpha value is -3.65. The molecule has 0 saturated carbocycles. The second kappa shape index (κ2) is 9.01. The van der Waals surface area contributed by atoms with Gasteiger partial charge in [-0.3, -0.25) is 4.58 Å². The second-order valence-corrected chi connectivity index (χ2v) is 8.03. The van der Waals surface area contributed by atoms with Crippen LogP contribution in [0.15, 0.2) is 121 Å². The van der Waals surface area contributed by atoms with Crippen molar-refractivity contribution in [1.29, 1.82) is 0 Å². The third-order valence-corrected chi connectivity index (χ3v) is 6.12. The number of hydrogen-bond acceptors (Lipinski definition) is 0. The minimum Gasteiger partial charge on any atom is -0.254 e. The van der Waals surface area contributed by atoms with E-state index in [4.69, 9.17) is 0 Å². The Morgan fingerprint density at radius 3 is 1.26 bits per heavy atom. The van der Waals surface area contributed by atoms with Gasteiger partial charge in [0.05, 0.1) is 0 Å². The summed E-state index contributed by atoms with van der Waals surface area (Å²) in [5.74, 6) is 0. The van der Waals surface area contributed by atoms with Gasteiger partial charge in [0.25, 0.3) is 0 Å². The fourth-order valence-corrected chi connectivity index (χ4v) is 4.61. The van der Waals surface area contributed by atoms with Crippen molar-refractivity contribution in [3.63, 3.8) is 0 Å². The number of anilines is 2. The van der Waals surface area contributed by atoms with Crippen LogP contribution in [0.3, 0.4) is 0 Å². The summed E-state index contributed by atoms with van der Waals surface area (Å²) in [5.41, 5.74) is 5.08. The highest BCUT2D eigenvalue weighted by Crippen LogP contribution is 2.40. The van der Waals surface area contributed by atoms with Gasteiger partial charge in [-0.15, -0.1) is 0 Å². The summed E-state index contributed by atoms with van der Waals surface area (Å²) in [6.07, 6.45) is 4.60. The lowest BCUT2D eigenvalue weighted by atomic mass is 10.0. The van der Waals surface area contributed by atoms with Crippen LogP contribution in [0, 0.1) is 0 Å². The van der Waals surface area contributed by atoms with Gasteiger partial charge < -0.3 is 0 Å². The van der Waals surface area contributed by atoms with Crippen LogP contribution in [0.5, 0.6) is 0 Å². The Morgan fingerprint density at radius 1 is 0.516 bits per heavy atom. The summed E-state index contributed by atoms with van der Waals surface area (Å²) in [7, 11) is 0. The fraction of sp³-hybridized carbons (Fsp3) is 0.138. The van der Waals surface area contributed by atoms with Crippen LogP contribution in [0.2, 0.25) is 0 Å². The van der Waals surface area contributed by atoms with Gasteiger partial charge in [-0.25, -0.2) is 0 Å². The van der Waals surface area contributed by atoms with Crippen LogP contribution in [-0.2, 0) is 0 Å². The first-order valence-corrected chi connectivity index (χ1v) is 11.0. The summed E-state index contributed by atoms with van der Waals surface area (Å²) in [6.45, 7) is 0. The van der Waals surface area contributed by atoms with Crippen LogP contribution in [-0.4, -0.2) is 10.9 Å². The molecule has 1 aliphatic rings. The van der Waals surface area contributed by atoms with Gasteiger partial charge in [0.2, 0.25) is 6.34 Å². The Bertz CT molecular complexity index is 1030. The molecule has 5 rings (SSSR count). The number of nitrogens with zero attached hydrogens (tertiary/aromatic N) is 2. The number of benzene rings is 4. The summed E-state index contributed by atoms with van der Waals surface area (Å²) in [4.78, 5) is 2.32. The van der Waals surface area contributed by atoms with E-state index >= 15 is 0 Å². The zero-order valence-electron chi connectivity index (χ0n) is 17.6. The molecule has 152 valence electrons. The van der Waals surface area contributed by atoms with Gasteiger partial charge in [0.1, 0.15) is 23.5 Å². The predicted molar refractivity (Wildman–Crippen MR) is 129 cm³/mol. The van der Waals surface area contributed by atoms with Crippen molar-refractivity contribution >= 4 is 17.7 Å². The molecule has 2 nitrogen and oxygen atoms in total. The van der Waals surface area contributed by atoms with E-state index < -0.39 is 0 Å². The minimum absolute atomic E-state index is 0.348. The molecule has 1 aliphatic heterocycles. The van der Waals surface area contributed by atoms with Crippen LogP contribution >= 0.6 is 0 Å². The first-order valence-electron chi connectivity index (χ1n) is 11.0. The number of para-hydroxylation sites is 2. The van der Waals surface area contributed by atoms with E-state index in [9.17, 15) is 0 Å². The van der Waals surface area contributed by atoms with E-state index in [1.807, 2.05) is 0 Å². The molecule has 4 aromatic rings. The highest BCUT2D eigenvalue weighted by Gasteiger charge is 2.36. The van der Waals surface area contributed by atoms with Crippen molar-refractivity contribution in [2.45, 2.75) is 24.9 Å². The molecule has 0 bridgehead atoms. The molecule has 2 atom stereocenters. The largest absolute Gasteiger partial charge is 0.254 e. The minimum atomic E-state index is 0.348. The van der Waals surface area contributed by atoms with E-state index in [2.05, 4.69) is 137 Å². The predicted octanol–water partition coefficient (Wildman–Crippen LogP) is 7.14. The zero-order chi connectivity index (χ0) is 20.9. The van der Waals surface area contributed by atoms with Crippen molar-refractivity contribution in [3.05, 3.63) is 132 Å². The Labute approximate surface area is 184 Å². The van der Waals surface area contributed by atoms with E-state index in [0.717, 1.165) is 12.8 Å². The molecule has 0 aliphatic carbocycles. The SMILES string of the molecule is C(N(c1ccccc1)c1ccccc1)=[N+]1[C@@H](c2ccccc2)CC[C@@H]1c1ccccc1. The molecule has 1 saturated heterocycles. The third-order valence-electron chi connectivity index (χ3n) is 6.12. The molecular formula is C29H27N2+. The highest BCUT2D eigenvalue weighted by molar-refractivity contribution is 5.87. The van der Waals surface area contributed by atoms with E-state index in [0.29, 0.717) is 12.1 Å². The zero-order valence-corrected chi connectivity index (χ0v) is 17.6. The van der Waals surface area contributed by atoms with Crippen LogP contribution < -0.4 is 4.90 Å². The molecule has 31 heavy (non-hydrogen) atoms. The molecule has 0 spiro atoms. The van der Waals surface area contributed by atoms with Crippen molar-refractivity contribution in [3.8, 4) is 0 Å². The smallest absolute Gasteiger partial charge is 0.245 e. The first kappa shape index (κ1) is 19.3. The Balaban J connectivity index is 1.65. The van der Waals surface area contributed by atoms with Gasteiger partial charge in [0.15, 0.2) is 0 Å². The normalized spacial score (nSPS) is 18.0. The van der Waals surface area contributed by atoms with E-state index in [1.165, 1.54) is 22.5 Å². The molecule has 1 fully saturated rings. The number of rotatable bonds is 5. The van der Waals surface area contributed by atoms with Crippen molar-refractivity contribution in [1.82, 2.24) is 0 Å². The molecule has 1 heterocycles. The monoisotopic (exact) mass is 403 g/mol. The second-order valence-electron chi connectivity index (χ2n) is 8.03. The third kappa shape index (κ3) is 4.15. The van der Waals surface area contributed by atoms with Crippen molar-refractivity contribution in [2.75, 3.05) is 4.90 Å². The fourth-order valence-electron chi connectivity index (χ4n) is 4.61. The Kier molecular flexibility index (Phi) is 5.62. The van der Waals surface area contributed by atoms with E-state index in [-0.39, 0.29) is 0 Å². The van der Waals surface area contributed by atoms with Gasteiger partial charge in [0, 0.05) is 0 Å². The molecule has 0 N–H and O–H groups in total. The lowest BCUT2D eigenvalue weighted by Crippen LogP contribution is -2.26. The highest BCUT2D eigenvalue weighted by atomic mass is 15.2. The lowest BCUT2D eigenvalue weighted by molar-refractivity contribution is -0.587. The maximum absolute atomic E-state index is 2.56. The lowest BCUT2D eigenvalue weighted by Gasteiger charge is -2.21. The summed E-state index contributed by atoms with van der Waals surface area (Å²) in [6, 6.07) is 43.8.